The van der Waals surface area contributed by atoms with Gasteiger partial charge in [0.2, 0.25) is 0 Å². The van der Waals surface area contributed by atoms with Crippen LogP contribution in [0.1, 0.15) is 46.0 Å². The van der Waals surface area contributed by atoms with Crippen LogP contribution in [-0.2, 0) is 4.79 Å². The molecule has 22 heavy (non-hydrogen) atoms. The average Bonchev–Trinajstić information content (AvgIpc) is 3.00. The van der Waals surface area contributed by atoms with E-state index in [9.17, 15) is 14.7 Å². The third-order valence-corrected chi connectivity index (χ3v) is 5.22. The third-order valence-electron chi connectivity index (χ3n) is 5.22. The van der Waals surface area contributed by atoms with E-state index in [0.29, 0.717) is 32.5 Å². The molecule has 0 spiro atoms. The molecule has 0 aromatic carbocycles. The Kier molecular flexibility index (Phi) is 4.64. The van der Waals surface area contributed by atoms with Crippen molar-refractivity contribution in [3.05, 3.63) is 0 Å². The van der Waals surface area contributed by atoms with Gasteiger partial charge in [-0.3, -0.25) is 4.79 Å². The number of hydrogen-bond acceptors (Lipinski definition) is 3. The summed E-state index contributed by atoms with van der Waals surface area (Å²) in [5, 5.41) is 21.1. The highest BCUT2D eigenvalue weighted by molar-refractivity contribution is 5.80. The van der Waals surface area contributed by atoms with E-state index in [1.165, 1.54) is 0 Å². The molecule has 2 N–H and O–H groups in total. The Labute approximate surface area is 131 Å². The first-order valence-corrected chi connectivity index (χ1v) is 7.94. The number of amides is 2. The minimum atomic E-state index is -0.764. The molecule has 0 aromatic rings. The van der Waals surface area contributed by atoms with Crippen LogP contribution >= 0.6 is 0 Å². The summed E-state index contributed by atoms with van der Waals surface area (Å²) in [4.78, 5) is 25.6. The van der Waals surface area contributed by atoms with Crippen LogP contribution in [-0.4, -0.2) is 41.6 Å². The van der Waals surface area contributed by atoms with Crippen LogP contribution in [0.5, 0.6) is 0 Å². The zero-order valence-electron chi connectivity index (χ0n) is 13.4. The molecular weight excluding hydrogens is 282 g/mol. The van der Waals surface area contributed by atoms with Gasteiger partial charge in [-0.25, -0.2) is 4.79 Å². The van der Waals surface area contributed by atoms with E-state index in [1.807, 2.05) is 13.8 Å². The van der Waals surface area contributed by atoms with Crippen molar-refractivity contribution >= 4 is 12.0 Å². The number of hydrogen-bond donors (Lipinski definition) is 2. The fourth-order valence-corrected chi connectivity index (χ4v) is 3.70. The number of nitrogens with one attached hydrogen (secondary N) is 1. The van der Waals surface area contributed by atoms with Crippen molar-refractivity contribution in [1.29, 1.82) is 5.26 Å². The molecule has 0 aromatic heterocycles. The molecule has 1 saturated carbocycles. The van der Waals surface area contributed by atoms with Gasteiger partial charge in [0.1, 0.15) is 0 Å². The van der Waals surface area contributed by atoms with E-state index in [1.54, 1.807) is 4.90 Å². The summed E-state index contributed by atoms with van der Waals surface area (Å²) in [5.41, 5.74) is -0.862. The molecule has 0 radical (unpaired) electrons. The van der Waals surface area contributed by atoms with Crippen molar-refractivity contribution in [3.63, 3.8) is 0 Å². The maximum Gasteiger partial charge on any atom is 0.317 e. The first-order valence-electron chi connectivity index (χ1n) is 7.94. The second-order valence-electron chi connectivity index (χ2n) is 7.41. The molecular formula is C16H25N3O3. The van der Waals surface area contributed by atoms with E-state index < -0.39 is 11.4 Å². The quantitative estimate of drug-likeness (QED) is 0.814. The van der Waals surface area contributed by atoms with E-state index >= 15 is 0 Å². The van der Waals surface area contributed by atoms with Crippen LogP contribution in [0.25, 0.3) is 0 Å². The predicted octanol–water partition coefficient (Wildman–Crippen LogP) is 2.21. The molecule has 2 amide bonds. The fraction of sp³-hybridized carbons (Fsp3) is 0.812. The Morgan fingerprint density at radius 1 is 1.50 bits per heavy atom. The molecule has 2 aliphatic rings. The zero-order valence-corrected chi connectivity index (χ0v) is 13.4. The number of carboxylic acids is 1. The Hall–Kier alpha value is -1.77. The number of carboxylic acid groups (broad SMARTS) is 1. The molecule has 6 heteroatoms. The lowest BCUT2D eigenvalue weighted by atomic mass is 9.81. The number of carbonyl (C=O) groups excluding carboxylic acids is 1. The van der Waals surface area contributed by atoms with Gasteiger partial charge in [0, 0.05) is 26.1 Å². The van der Waals surface area contributed by atoms with Gasteiger partial charge < -0.3 is 15.3 Å². The van der Waals surface area contributed by atoms with Crippen LogP contribution < -0.4 is 5.32 Å². The van der Waals surface area contributed by atoms with Crippen LogP contribution in [0.4, 0.5) is 4.79 Å². The molecule has 0 unspecified atom stereocenters. The number of fused-ring (bicyclic) bond motifs is 1. The molecule has 1 heterocycles. The van der Waals surface area contributed by atoms with Crippen LogP contribution in [0.2, 0.25) is 0 Å². The Balaban J connectivity index is 1.90. The van der Waals surface area contributed by atoms with Crippen LogP contribution in [0.15, 0.2) is 0 Å². The van der Waals surface area contributed by atoms with Crippen LogP contribution in [0.3, 0.4) is 0 Å². The Bertz CT molecular complexity index is 497. The van der Waals surface area contributed by atoms with E-state index in [-0.39, 0.29) is 17.4 Å². The van der Waals surface area contributed by atoms with Gasteiger partial charge in [0.15, 0.2) is 0 Å². The standard InChI is InChI=1S/C16H25N3O3/c1-15(2,6-4-8-17)10-18-14(22)19-9-12-5-3-7-16(12,11-19)13(20)21/h12H,3-7,9-11H2,1-2H3,(H,18,22)(H,20,21)/t12-,16+/m0/s1. The van der Waals surface area contributed by atoms with Crippen LogP contribution in [0, 0.1) is 28.1 Å². The highest BCUT2D eigenvalue weighted by atomic mass is 16.4. The third kappa shape index (κ3) is 3.18. The Morgan fingerprint density at radius 3 is 2.82 bits per heavy atom. The number of carbonyl (C=O) groups is 2. The molecule has 1 saturated heterocycles. The lowest BCUT2D eigenvalue weighted by Crippen LogP contribution is -2.44. The number of nitrogens with zero attached hydrogens (tertiary/aromatic N) is 2. The molecule has 122 valence electrons. The van der Waals surface area contributed by atoms with Gasteiger partial charge in [0.25, 0.3) is 0 Å². The fourth-order valence-electron chi connectivity index (χ4n) is 3.70. The maximum atomic E-state index is 12.3. The number of nitriles is 1. The van der Waals surface area contributed by atoms with Gasteiger partial charge in [-0.2, -0.15) is 5.26 Å². The normalized spacial score (nSPS) is 27.3. The number of aliphatic carboxylic acids is 1. The molecule has 1 aliphatic heterocycles. The molecule has 0 bridgehead atoms. The Morgan fingerprint density at radius 2 is 2.23 bits per heavy atom. The first kappa shape index (κ1) is 16.6. The zero-order chi connectivity index (χ0) is 16.4. The smallest absolute Gasteiger partial charge is 0.317 e. The summed E-state index contributed by atoms with van der Waals surface area (Å²) < 4.78 is 0. The summed E-state index contributed by atoms with van der Waals surface area (Å²) in [5.74, 6) is -0.679. The van der Waals surface area contributed by atoms with Crippen molar-refractivity contribution in [2.24, 2.45) is 16.7 Å². The van der Waals surface area contributed by atoms with E-state index in [0.717, 1.165) is 19.3 Å². The van der Waals surface area contributed by atoms with E-state index in [4.69, 9.17) is 5.26 Å². The van der Waals surface area contributed by atoms with Crippen molar-refractivity contribution < 1.29 is 14.7 Å². The average molecular weight is 307 g/mol. The van der Waals surface area contributed by atoms with Crippen molar-refractivity contribution in [1.82, 2.24) is 10.2 Å². The molecule has 1 aliphatic carbocycles. The van der Waals surface area contributed by atoms with Crippen molar-refractivity contribution in [2.75, 3.05) is 19.6 Å². The molecule has 6 nitrogen and oxygen atoms in total. The number of rotatable bonds is 5. The largest absolute Gasteiger partial charge is 0.481 e. The molecule has 2 fully saturated rings. The van der Waals surface area contributed by atoms with Gasteiger partial charge in [0.05, 0.1) is 11.5 Å². The number of urea groups is 1. The highest BCUT2D eigenvalue weighted by Crippen LogP contribution is 2.48. The minimum Gasteiger partial charge on any atom is -0.481 e. The summed E-state index contributed by atoms with van der Waals surface area (Å²) in [6, 6.07) is 1.94. The van der Waals surface area contributed by atoms with Gasteiger partial charge in [-0.15, -0.1) is 0 Å². The predicted molar refractivity (Wildman–Crippen MR) is 81.0 cm³/mol. The highest BCUT2D eigenvalue weighted by Gasteiger charge is 2.55. The summed E-state index contributed by atoms with van der Waals surface area (Å²) in [6.07, 6.45) is 3.70. The molecule has 2 atom stereocenters. The SMILES string of the molecule is CC(C)(CCC#N)CNC(=O)N1C[C@@H]2CCC[C@@]2(C(=O)O)C1. The van der Waals surface area contributed by atoms with Crippen molar-refractivity contribution in [2.45, 2.75) is 46.0 Å². The van der Waals surface area contributed by atoms with Gasteiger partial charge in [-0.1, -0.05) is 20.3 Å². The topological polar surface area (TPSA) is 93.4 Å². The summed E-state index contributed by atoms with van der Waals surface area (Å²) in [6.45, 7) is 5.38. The van der Waals surface area contributed by atoms with Crippen molar-refractivity contribution in [3.8, 4) is 6.07 Å². The lowest BCUT2D eigenvalue weighted by Gasteiger charge is -2.27. The maximum absolute atomic E-state index is 12.3. The second-order valence-corrected chi connectivity index (χ2v) is 7.41. The number of likely N-dealkylation sites (tertiary alicyclic amines) is 1. The second kappa shape index (κ2) is 6.15. The van der Waals surface area contributed by atoms with Gasteiger partial charge >= 0.3 is 12.0 Å². The summed E-state index contributed by atoms with van der Waals surface area (Å²) in [7, 11) is 0. The minimum absolute atomic E-state index is 0.0855. The van der Waals surface area contributed by atoms with Gasteiger partial charge in [-0.05, 0) is 30.6 Å². The monoisotopic (exact) mass is 307 g/mol. The molecule has 2 rings (SSSR count). The summed E-state index contributed by atoms with van der Waals surface area (Å²) >= 11 is 0. The van der Waals surface area contributed by atoms with E-state index in [2.05, 4.69) is 11.4 Å². The lowest BCUT2D eigenvalue weighted by molar-refractivity contribution is -0.149. The first-order chi connectivity index (χ1) is 10.3.